The van der Waals surface area contributed by atoms with Crippen LogP contribution in [0.2, 0.25) is 0 Å². The van der Waals surface area contributed by atoms with E-state index in [0.29, 0.717) is 5.54 Å². The molecule has 0 radical (unpaired) electrons. The minimum absolute atomic E-state index is 0.675. The van der Waals surface area contributed by atoms with Crippen LogP contribution in [-0.4, -0.2) is 24.0 Å². The average Bonchev–Trinajstić information content (AvgIpc) is 2.65. The van der Waals surface area contributed by atoms with Crippen molar-refractivity contribution < 1.29 is 0 Å². The Morgan fingerprint density at radius 3 is 2.45 bits per heavy atom. The first-order chi connectivity index (χ1) is 5.20. The topological polar surface area (TPSA) is 3.24 Å². The fraction of sp³-hybridized carbons (Fsp3) is 1.00. The normalized spacial score (nSPS) is 41.7. The second-order valence-electron chi connectivity index (χ2n) is 4.48. The highest BCUT2D eigenvalue weighted by Gasteiger charge is 2.57. The van der Waals surface area contributed by atoms with E-state index in [-0.39, 0.29) is 0 Å². The number of rotatable bonds is 1. The van der Waals surface area contributed by atoms with E-state index >= 15 is 0 Å². The average molecular weight is 153 g/mol. The summed E-state index contributed by atoms with van der Waals surface area (Å²) in [6.07, 6.45) is 4.31. The molecule has 1 aliphatic carbocycles. The van der Waals surface area contributed by atoms with Gasteiger partial charge in [-0.05, 0) is 31.7 Å². The van der Waals surface area contributed by atoms with Crippen LogP contribution >= 0.6 is 0 Å². The first-order valence-corrected chi connectivity index (χ1v) is 4.92. The molecular formula is C10H19N. The lowest BCUT2D eigenvalue weighted by Gasteiger charge is -2.24. The summed E-state index contributed by atoms with van der Waals surface area (Å²) in [5.41, 5.74) is 0.675. The minimum atomic E-state index is 0.675. The molecule has 1 saturated heterocycles. The lowest BCUT2D eigenvalue weighted by Crippen LogP contribution is -2.31. The van der Waals surface area contributed by atoms with E-state index in [2.05, 4.69) is 25.8 Å². The molecule has 0 aromatic rings. The third-order valence-corrected chi connectivity index (χ3v) is 3.90. The Bertz CT molecular complexity index is 160. The molecule has 1 heterocycles. The molecule has 1 spiro atoms. The molecule has 11 heavy (non-hydrogen) atoms. The van der Waals surface area contributed by atoms with Crippen molar-refractivity contribution in [2.45, 2.75) is 38.6 Å². The Labute approximate surface area is 69.8 Å². The molecule has 2 rings (SSSR count). The van der Waals surface area contributed by atoms with Crippen LogP contribution in [0.3, 0.4) is 0 Å². The molecule has 64 valence electrons. The molecule has 0 amide bonds. The Morgan fingerprint density at radius 1 is 1.45 bits per heavy atom. The zero-order valence-corrected chi connectivity index (χ0v) is 7.93. The maximum atomic E-state index is 2.60. The number of nitrogens with zero attached hydrogens (tertiary/aromatic N) is 1. The van der Waals surface area contributed by atoms with E-state index in [1.165, 1.54) is 25.8 Å². The molecule has 1 nitrogen and oxygen atoms in total. The van der Waals surface area contributed by atoms with Crippen molar-refractivity contribution in [3.8, 4) is 0 Å². The lowest BCUT2D eigenvalue weighted by atomic mass is 9.88. The summed E-state index contributed by atoms with van der Waals surface area (Å²) < 4.78 is 0. The van der Waals surface area contributed by atoms with Crippen LogP contribution in [0.1, 0.15) is 33.1 Å². The third kappa shape index (κ3) is 0.868. The molecule has 2 fully saturated rings. The first-order valence-electron chi connectivity index (χ1n) is 4.92. The zero-order chi connectivity index (χ0) is 8.06. The second kappa shape index (κ2) is 2.22. The Kier molecular flexibility index (Phi) is 1.54. The van der Waals surface area contributed by atoms with Crippen LogP contribution in [0.25, 0.3) is 0 Å². The van der Waals surface area contributed by atoms with E-state index in [4.69, 9.17) is 0 Å². The Morgan fingerprint density at radius 2 is 2.09 bits per heavy atom. The van der Waals surface area contributed by atoms with Crippen molar-refractivity contribution in [1.82, 2.24) is 4.90 Å². The summed E-state index contributed by atoms with van der Waals surface area (Å²) in [5.74, 6) is 1.93. The van der Waals surface area contributed by atoms with Gasteiger partial charge in [0, 0.05) is 12.1 Å². The van der Waals surface area contributed by atoms with Gasteiger partial charge in [-0.3, -0.25) is 0 Å². The molecule has 0 aromatic carbocycles. The van der Waals surface area contributed by atoms with Crippen molar-refractivity contribution in [2.75, 3.05) is 13.6 Å². The molecule has 0 bridgehead atoms. The predicted molar refractivity (Wildman–Crippen MR) is 47.5 cm³/mol. The van der Waals surface area contributed by atoms with E-state index in [9.17, 15) is 0 Å². The minimum Gasteiger partial charge on any atom is -0.300 e. The first kappa shape index (κ1) is 7.60. The maximum Gasteiger partial charge on any atom is 0.0239 e. The molecule has 0 N–H and O–H groups in total. The van der Waals surface area contributed by atoms with Crippen LogP contribution in [-0.2, 0) is 0 Å². The zero-order valence-electron chi connectivity index (χ0n) is 7.93. The molecule has 1 heteroatoms. The van der Waals surface area contributed by atoms with Gasteiger partial charge in [-0.15, -0.1) is 0 Å². The Hall–Kier alpha value is -0.0400. The van der Waals surface area contributed by atoms with Crippen LogP contribution in [0.4, 0.5) is 0 Å². The fourth-order valence-corrected chi connectivity index (χ4v) is 3.22. The van der Waals surface area contributed by atoms with Crippen molar-refractivity contribution >= 4 is 0 Å². The molecular weight excluding hydrogens is 134 g/mol. The van der Waals surface area contributed by atoms with Crippen molar-refractivity contribution in [2.24, 2.45) is 11.8 Å². The van der Waals surface area contributed by atoms with Gasteiger partial charge < -0.3 is 4.90 Å². The molecule has 2 aliphatic rings. The molecule has 1 aliphatic heterocycles. The van der Waals surface area contributed by atoms with Gasteiger partial charge in [0.2, 0.25) is 0 Å². The summed E-state index contributed by atoms with van der Waals surface area (Å²) in [5, 5.41) is 0. The molecule has 1 saturated carbocycles. The maximum absolute atomic E-state index is 2.60. The highest BCUT2D eigenvalue weighted by atomic mass is 15.2. The summed E-state index contributed by atoms with van der Waals surface area (Å²) in [7, 11) is 2.30. The smallest absolute Gasteiger partial charge is 0.0239 e. The fourth-order valence-electron chi connectivity index (χ4n) is 3.22. The van der Waals surface area contributed by atoms with E-state index in [0.717, 1.165) is 11.8 Å². The van der Waals surface area contributed by atoms with Gasteiger partial charge in [-0.2, -0.15) is 0 Å². The SMILES string of the molecule is CCC1C(C)CN(C)C12CC2. The third-order valence-electron chi connectivity index (χ3n) is 3.90. The lowest BCUT2D eigenvalue weighted by molar-refractivity contribution is 0.242. The largest absolute Gasteiger partial charge is 0.300 e. The molecule has 2 unspecified atom stereocenters. The molecule has 0 aromatic heterocycles. The second-order valence-corrected chi connectivity index (χ2v) is 4.48. The van der Waals surface area contributed by atoms with E-state index in [1.54, 1.807) is 0 Å². The summed E-state index contributed by atoms with van der Waals surface area (Å²) in [6, 6.07) is 0. The summed E-state index contributed by atoms with van der Waals surface area (Å²) in [6.45, 7) is 6.09. The summed E-state index contributed by atoms with van der Waals surface area (Å²) >= 11 is 0. The van der Waals surface area contributed by atoms with Crippen LogP contribution in [0, 0.1) is 11.8 Å². The van der Waals surface area contributed by atoms with Gasteiger partial charge >= 0.3 is 0 Å². The van der Waals surface area contributed by atoms with Crippen LogP contribution < -0.4 is 0 Å². The van der Waals surface area contributed by atoms with Gasteiger partial charge in [0.15, 0.2) is 0 Å². The van der Waals surface area contributed by atoms with Crippen molar-refractivity contribution in [3.05, 3.63) is 0 Å². The monoisotopic (exact) mass is 153 g/mol. The highest BCUT2D eigenvalue weighted by molar-refractivity contribution is 5.12. The van der Waals surface area contributed by atoms with Crippen LogP contribution in [0.5, 0.6) is 0 Å². The number of likely N-dealkylation sites (tertiary alicyclic amines) is 1. The predicted octanol–water partition coefficient (Wildman–Crippen LogP) is 2.13. The Balaban J connectivity index is 2.17. The summed E-state index contributed by atoms with van der Waals surface area (Å²) in [4.78, 5) is 2.60. The highest BCUT2D eigenvalue weighted by Crippen LogP contribution is 2.55. The van der Waals surface area contributed by atoms with Crippen molar-refractivity contribution in [1.29, 1.82) is 0 Å². The molecule has 2 atom stereocenters. The van der Waals surface area contributed by atoms with Gasteiger partial charge in [-0.1, -0.05) is 20.3 Å². The van der Waals surface area contributed by atoms with Gasteiger partial charge in [0.05, 0.1) is 0 Å². The van der Waals surface area contributed by atoms with E-state index < -0.39 is 0 Å². The number of hydrogen-bond acceptors (Lipinski definition) is 1. The quantitative estimate of drug-likeness (QED) is 0.558. The standard InChI is InChI=1S/C10H19N/c1-4-9-8(2)7-11(3)10(9)5-6-10/h8-9H,4-7H2,1-3H3. The number of hydrogen-bond donors (Lipinski definition) is 0. The van der Waals surface area contributed by atoms with Crippen molar-refractivity contribution in [3.63, 3.8) is 0 Å². The van der Waals surface area contributed by atoms with Gasteiger partial charge in [-0.25, -0.2) is 0 Å². The van der Waals surface area contributed by atoms with Gasteiger partial charge in [0.25, 0.3) is 0 Å². The van der Waals surface area contributed by atoms with Crippen LogP contribution in [0.15, 0.2) is 0 Å². The van der Waals surface area contributed by atoms with Gasteiger partial charge in [0.1, 0.15) is 0 Å². The van der Waals surface area contributed by atoms with E-state index in [1.807, 2.05) is 0 Å².